The summed E-state index contributed by atoms with van der Waals surface area (Å²) in [6.45, 7) is 0.248. The molecule has 0 saturated carbocycles. The topological polar surface area (TPSA) is 70.3 Å². The van der Waals surface area contributed by atoms with Crippen molar-refractivity contribution in [2.75, 3.05) is 12.8 Å². The summed E-state index contributed by atoms with van der Waals surface area (Å²) < 4.78 is 10.9. The van der Waals surface area contributed by atoms with Crippen LogP contribution in [0.3, 0.4) is 0 Å². The van der Waals surface area contributed by atoms with Crippen LogP contribution < -0.4 is 15.2 Å². The lowest BCUT2D eigenvalue weighted by Gasteiger charge is -2.09. The quantitative estimate of drug-likeness (QED) is 0.799. The average Bonchev–Trinajstić information content (AvgIpc) is 2.94. The summed E-state index contributed by atoms with van der Waals surface area (Å²) >= 11 is 1.53. The minimum absolute atomic E-state index is 0.248. The molecule has 0 radical (unpaired) electrons. The Morgan fingerprint density at radius 3 is 2.75 bits per heavy atom. The molecule has 0 aliphatic heterocycles. The van der Waals surface area contributed by atoms with Crippen LogP contribution in [-0.4, -0.2) is 17.1 Å². The summed E-state index contributed by atoms with van der Waals surface area (Å²) in [6, 6.07) is 9.37. The van der Waals surface area contributed by atoms with Gasteiger partial charge in [-0.3, -0.25) is 0 Å². The van der Waals surface area contributed by atoms with Gasteiger partial charge in [-0.1, -0.05) is 12.1 Å². The number of thiophene rings is 1. The van der Waals surface area contributed by atoms with Gasteiger partial charge in [0.1, 0.15) is 17.3 Å². The first kappa shape index (κ1) is 12.7. The molecule has 5 nitrogen and oxygen atoms in total. The summed E-state index contributed by atoms with van der Waals surface area (Å²) in [7, 11) is 1.61. The second kappa shape index (κ2) is 5.34. The van der Waals surface area contributed by atoms with Crippen LogP contribution in [0.4, 0.5) is 5.82 Å². The fourth-order valence-electron chi connectivity index (χ4n) is 1.87. The highest BCUT2D eigenvalue weighted by atomic mass is 32.1. The molecule has 6 heteroatoms. The van der Waals surface area contributed by atoms with E-state index in [2.05, 4.69) is 9.97 Å². The molecule has 102 valence electrons. The van der Waals surface area contributed by atoms with Crippen molar-refractivity contribution in [3.05, 3.63) is 41.5 Å². The van der Waals surface area contributed by atoms with Gasteiger partial charge < -0.3 is 15.2 Å². The number of ether oxygens (including phenoxy) is 2. The highest BCUT2D eigenvalue weighted by Crippen LogP contribution is 2.27. The molecule has 0 unspecified atom stereocenters. The van der Waals surface area contributed by atoms with E-state index in [1.165, 1.54) is 11.3 Å². The van der Waals surface area contributed by atoms with Crippen molar-refractivity contribution in [3.63, 3.8) is 0 Å². The van der Waals surface area contributed by atoms with Gasteiger partial charge >= 0.3 is 0 Å². The number of hydrogen-bond acceptors (Lipinski definition) is 6. The number of benzene rings is 1. The van der Waals surface area contributed by atoms with Crippen molar-refractivity contribution in [2.45, 2.75) is 6.61 Å². The van der Waals surface area contributed by atoms with E-state index in [1.54, 1.807) is 7.11 Å². The summed E-state index contributed by atoms with van der Waals surface area (Å²) in [5, 5.41) is 2.83. The van der Waals surface area contributed by atoms with Crippen LogP contribution in [0.5, 0.6) is 11.5 Å². The smallest absolute Gasteiger partial charge is 0.169 e. The number of nitrogens with zero attached hydrogens (tertiary/aromatic N) is 2. The van der Waals surface area contributed by atoms with E-state index >= 15 is 0 Å². The van der Waals surface area contributed by atoms with Crippen molar-refractivity contribution in [2.24, 2.45) is 0 Å². The Morgan fingerprint density at radius 1 is 1.15 bits per heavy atom. The number of fused-ring (bicyclic) bond motifs is 1. The highest BCUT2D eigenvalue weighted by Gasteiger charge is 2.08. The standard InChI is InChI=1S/C14H13N3O2S/c1-18-10-4-2-3-5-11(10)19-8-12-16-13(15)9-6-7-20-14(9)17-12/h2-7H,8H2,1H3,(H2,15,16,17). The lowest BCUT2D eigenvalue weighted by Crippen LogP contribution is -2.04. The Morgan fingerprint density at radius 2 is 1.95 bits per heavy atom. The Labute approximate surface area is 120 Å². The minimum Gasteiger partial charge on any atom is -0.493 e. The van der Waals surface area contributed by atoms with E-state index in [0.717, 1.165) is 10.2 Å². The average molecular weight is 287 g/mol. The predicted octanol–water partition coefficient (Wildman–Crippen LogP) is 2.86. The van der Waals surface area contributed by atoms with Crippen LogP contribution >= 0.6 is 11.3 Å². The Hall–Kier alpha value is -2.34. The molecule has 0 atom stereocenters. The summed E-state index contributed by atoms with van der Waals surface area (Å²) in [5.74, 6) is 2.37. The van der Waals surface area contributed by atoms with Gasteiger partial charge in [-0.25, -0.2) is 9.97 Å². The molecule has 0 aliphatic rings. The van der Waals surface area contributed by atoms with E-state index < -0.39 is 0 Å². The Bertz CT molecular complexity index is 742. The molecular formula is C14H13N3O2S. The van der Waals surface area contributed by atoms with Crippen molar-refractivity contribution in [1.82, 2.24) is 9.97 Å². The van der Waals surface area contributed by atoms with Crippen LogP contribution in [0.25, 0.3) is 10.2 Å². The maximum absolute atomic E-state index is 5.90. The Balaban J connectivity index is 1.83. The van der Waals surface area contributed by atoms with Crippen LogP contribution in [0.1, 0.15) is 5.82 Å². The van der Waals surface area contributed by atoms with E-state index in [-0.39, 0.29) is 6.61 Å². The largest absolute Gasteiger partial charge is 0.493 e. The molecule has 20 heavy (non-hydrogen) atoms. The first-order valence-corrected chi connectivity index (χ1v) is 6.91. The highest BCUT2D eigenvalue weighted by molar-refractivity contribution is 7.16. The third-order valence-electron chi connectivity index (χ3n) is 2.83. The minimum atomic E-state index is 0.248. The van der Waals surface area contributed by atoms with Crippen molar-refractivity contribution >= 4 is 27.4 Å². The maximum atomic E-state index is 5.90. The van der Waals surface area contributed by atoms with Gasteiger partial charge in [0, 0.05) is 0 Å². The fraction of sp³-hybridized carbons (Fsp3) is 0.143. The molecule has 0 aliphatic carbocycles. The number of anilines is 1. The molecule has 1 aromatic carbocycles. The number of methoxy groups -OCH3 is 1. The van der Waals surface area contributed by atoms with Crippen molar-refractivity contribution < 1.29 is 9.47 Å². The van der Waals surface area contributed by atoms with E-state index in [1.807, 2.05) is 35.7 Å². The molecule has 0 spiro atoms. The SMILES string of the molecule is COc1ccccc1OCc1nc(N)c2ccsc2n1. The van der Waals surface area contributed by atoms with Crippen LogP contribution in [-0.2, 0) is 6.61 Å². The normalized spacial score (nSPS) is 10.7. The monoisotopic (exact) mass is 287 g/mol. The predicted molar refractivity (Wildman–Crippen MR) is 79.2 cm³/mol. The summed E-state index contributed by atoms with van der Waals surface area (Å²) in [4.78, 5) is 9.55. The van der Waals surface area contributed by atoms with Crippen molar-refractivity contribution in [3.8, 4) is 11.5 Å². The van der Waals surface area contributed by atoms with Crippen LogP contribution in [0, 0.1) is 0 Å². The second-order valence-electron chi connectivity index (χ2n) is 4.10. The molecule has 0 saturated heterocycles. The first-order valence-electron chi connectivity index (χ1n) is 6.03. The third kappa shape index (κ3) is 2.37. The van der Waals surface area contributed by atoms with Gasteiger partial charge in [-0.15, -0.1) is 11.3 Å². The molecule has 3 aromatic rings. The molecule has 2 aromatic heterocycles. The van der Waals surface area contributed by atoms with Gasteiger partial charge in [0.2, 0.25) is 0 Å². The van der Waals surface area contributed by atoms with E-state index in [0.29, 0.717) is 23.1 Å². The van der Waals surface area contributed by atoms with Crippen molar-refractivity contribution in [1.29, 1.82) is 0 Å². The van der Waals surface area contributed by atoms with Gasteiger partial charge in [0.25, 0.3) is 0 Å². The van der Waals surface area contributed by atoms with Gasteiger partial charge in [0.15, 0.2) is 17.3 Å². The molecule has 0 amide bonds. The van der Waals surface area contributed by atoms with E-state index in [9.17, 15) is 0 Å². The Kier molecular flexibility index (Phi) is 3.39. The molecule has 0 fully saturated rings. The van der Waals surface area contributed by atoms with Crippen LogP contribution in [0.15, 0.2) is 35.7 Å². The molecule has 3 rings (SSSR count). The molecular weight excluding hydrogens is 274 g/mol. The van der Waals surface area contributed by atoms with E-state index in [4.69, 9.17) is 15.2 Å². The zero-order valence-electron chi connectivity index (χ0n) is 10.9. The molecule has 2 heterocycles. The summed E-state index contributed by atoms with van der Waals surface area (Å²) in [5.41, 5.74) is 5.90. The van der Waals surface area contributed by atoms with Gasteiger partial charge in [0.05, 0.1) is 12.5 Å². The number of nitrogen functional groups attached to an aromatic ring is 1. The number of rotatable bonds is 4. The van der Waals surface area contributed by atoms with Gasteiger partial charge in [-0.05, 0) is 23.6 Å². The van der Waals surface area contributed by atoms with Crippen LogP contribution in [0.2, 0.25) is 0 Å². The zero-order chi connectivity index (χ0) is 13.9. The fourth-order valence-corrected chi connectivity index (χ4v) is 2.66. The second-order valence-corrected chi connectivity index (χ2v) is 5.00. The molecule has 2 N–H and O–H groups in total. The lowest BCUT2D eigenvalue weighted by molar-refractivity contribution is 0.277. The van der Waals surface area contributed by atoms with Gasteiger partial charge in [-0.2, -0.15) is 0 Å². The molecule has 0 bridgehead atoms. The third-order valence-corrected chi connectivity index (χ3v) is 3.63. The number of hydrogen-bond donors (Lipinski definition) is 1. The lowest BCUT2D eigenvalue weighted by atomic mass is 10.3. The number of para-hydroxylation sites is 2. The summed E-state index contributed by atoms with van der Waals surface area (Å²) in [6.07, 6.45) is 0. The first-order chi connectivity index (χ1) is 9.78. The number of aromatic nitrogens is 2. The number of nitrogens with two attached hydrogens (primary N) is 1. The zero-order valence-corrected chi connectivity index (χ0v) is 11.7. The maximum Gasteiger partial charge on any atom is 0.169 e.